The monoisotopic (exact) mass is 299 g/mol. The van der Waals surface area contributed by atoms with Gasteiger partial charge in [-0.1, -0.05) is 26.7 Å². The normalized spacial score (nSPS) is 7.31. The molecule has 0 rings (SSSR count). The first-order valence-corrected chi connectivity index (χ1v) is 5.62. The second-order valence-corrected chi connectivity index (χ2v) is 2.37. The Morgan fingerprint density at radius 1 is 0.938 bits per heavy atom. The van der Waals surface area contributed by atoms with Crippen molar-refractivity contribution in [2.45, 2.75) is 39.5 Å². The Bertz CT molecular complexity index is 65.5. The number of unbranched alkanes of at least 4 members (excludes halogenated alkanes) is 2. The number of halogens is 1. The summed E-state index contributed by atoms with van der Waals surface area (Å²) in [7, 11) is 0. The van der Waals surface area contributed by atoms with Crippen LogP contribution >= 0.6 is 11.9 Å². The van der Waals surface area contributed by atoms with Gasteiger partial charge in [-0.3, -0.25) is 15.2 Å². The minimum atomic E-state index is 0.469. The van der Waals surface area contributed by atoms with Crippen molar-refractivity contribution in [3.63, 3.8) is 0 Å². The molecule has 8 heteroatoms. The van der Waals surface area contributed by atoms with Crippen LogP contribution in [0.4, 0.5) is 0 Å². The summed E-state index contributed by atoms with van der Waals surface area (Å²) >= 11 is 4.70. The van der Waals surface area contributed by atoms with Crippen molar-refractivity contribution in [2.24, 2.45) is 0 Å². The molecule has 0 spiro atoms. The Kier molecular flexibility index (Phi) is 71.5. The van der Waals surface area contributed by atoms with E-state index in [-0.39, 0.29) is 0 Å². The molecule has 6 nitrogen and oxygen atoms in total. The molecule has 0 aromatic carbocycles. The Balaban J connectivity index is -0.0000000686. The molecule has 16 heavy (non-hydrogen) atoms. The molecule has 0 fully saturated rings. The molecule has 0 saturated carbocycles. The first-order chi connectivity index (χ1) is 7.83. The average Bonchev–Trinajstić information content (AvgIpc) is 2.39. The van der Waals surface area contributed by atoms with Crippen molar-refractivity contribution in [3.05, 3.63) is 0 Å². The Labute approximate surface area is 111 Å². The van der Waals surface area contributed by atoms with Crippen LogP contribution in [0.15, 0.2) is 0 Å². The molecule has 0 aliphatic rings. The van der Waals surface area contributed by atoms with Crippen LogP contribution in [0.25, 0.3) is 0 Å². The summed E-state index contributed by atoms with van der Waals surface area (Å²) in [6.07, 6.45) is 4.02. The Morgan fingerprint density at radius 2 is 1.19 bits per heavy atom. The molecule has 0 bridgehead atoms. The van der Waals surface area contributed by atoms with Gasteiger partial charge in [0.1, 0.15) is 0 Å². The van der Waals surface area contributed by atoms with Crippen LogP contribution in [0, 0.1) is 0 Å². The van der Waals surface area contributed by atoms with E-state index in [9.17, 15) is 0 Å². The minimum absolute atomic E-state index is 0.469. The average molecular weight is 300 g/mol. The SMILES string of the molecule is CCCCOO.CCCCOO.OCl.[O]=[V]. The van der Waals surface area contributed by atoms with Crippen molar-refractivity contribution in [1.29, 1.82) is 0 Å². The van der Waals surface area contributed by atoms with Gasteiger partial charge in [0.25, 0.3) is 0 Å². The van der Waals surface area contributed by atoms with Gasteiger partial charge in [-0.25, -0.2) is 9.78 Å². The van der Waals surface area contributed by atoms with Gasteiger partial charge < -0.3 is 0 Å². The summed E-state index contributed by atoms with van der Waals surface area (Å²) in [5.74, 6) is 0. The molecule has 3 N–H and O–H groups in total. The number of rotatable bonds is 6. The summed E-state index contributed by atoms with van der Waals surface area (Å²) in [4.78, 5) is 7.56. The molecular weight excluding hydrogens is 278 g/mol. The van der Waals surface area contributed by atoms with Gasteiger partial charge in [0, 0.05) is 0 Å². The van der Waals surface area contributed by atoms with Gasteiger partial charge in [0.05, 0.1) is 25.1 Å². The van der Waals surface area contributed by atoms with Gasteiger partial charge in [0.2, 0.25) is 0 Å². The molecule has 0 amide bonds. The van der Waals surface area contributed by atoms with Crippen LogP contribution in [0.1, 0.15) is 39.5 Å². The van der Waals surface area contributed by atoms with E-state index in [4.69, 9.17) is 18.8 Å². The molecular formula is C8H21ClO6V. The van der Waals surface area contributed by atoms with Crippen molar-refractivity contribution < 1.29 is 46.0 Å². The zero-order valence-corrected chi connectivity index (χ0v) is 11.8. The van der Waals surface area contributed by atoms with Gasteiger partial charge in [-0.15, -0.1) is 0 Å². The third kappa shape index (κ3) is 62.7. The molecule has 0 aromatic rings. The molecule has 0 aliphatic carbocycles. The van der Waals surface area contributed by atoms with Crippen LogP contribution in [0.3, 0.4) is 0 Å². The van der Waals surface area contributed by atoms with Crippen LogP contribution in [-0.4, -0.2) is 28.4 Å². The molecule has 0 heterocycles. The zero-order valence-electron chi connectivity index (χ0n) is 9.63. The third-order valence-corrected chi connectivity index (χ3v) is 1.18. The van der Waals surface area contributed by atoms with E-state index in [0.29, 0.717) is 13.2 Å². The Hall–Kier alpha value is 0.474. The summed E-state index contributed by atoms with van der Waals surface area (Å²) < 4.78 is 14.7. The van der Waals surface area contributed by atoms with E-state index < -0.39 is 0 Å². The van der Waals surface area contributed by atoms with Crippen LogP contribution < -0.4 is 0 Å². The van der Waals surface area contributed by atoms with E-state index in [0.717, 1.165) is 43.1 Å². The fraction of sp³-hybridized carbons (Fsp3) is 1.00. The van der Waals surface area contributed by atoms with Crippen molar-refractivity contribution in [3.8, 4) is 0 Å². The standard InChI is InChI=1S/2C4H10O2.ClHO.O.V/c2*1-2-3-4-6-5;1-2;;/h2*5H,2-4H2,1H3;2H;;. The van der Waals surface area contributed by atoms with Gasteiger partial charge in [0.15, 0.2) is 0 Å². The van der Waals surface area contributed by atoms with Gasteiger partial charge in [-0.2, -0.15) is 0 Å². The molecule has 101 valence electrons. The van der Waals surface area contributed by atoms with E-state index in [1.54, 1.807) is 0 Å². The maximum absolute atomic E-state index is 8.19. The predicted molar refractivity (Wildman–Crippen MR) is 55.7 cm³/mol. The fourth-order valence-electron chi connectivity index (χ4n) is 0.418. The molecule has 0 unspecified atom stereocenters. The second-order valence-electron chi connectivity index (χ2n) is 2.37. The molecule has 0 atom stereocenters. The predicted octanol–water partition coefficient (Wildman–Crippen LogP) is 2.56. The quantitative estimate of drug-likeness (QED) is 0.396. The fourth-order valence-corrected chi connectivity index (χ4v) is 0.418. The third-order valence-electron chi connectivity index (χ3n) is 1.18. The first kappa shape index (κ1) is 25.4. The van der Waals surface area contributed by atoms with Crippen LogP contribution in [0.2, 0.25) is 0 Å². The second kappa shape index (κ2) is 45.1. The Morgan fingerprint density at radius 3 is 1.25 bits per heavy atom. The van der Waals surface area contributed by atoms with Gasteiger partial charge >= 0.3 is 21.0 Å². The van der Waals surface area contributed by atoms with E-state index in [2.05, 4.69) is 21.6 Å². The van der Waals surface area contributed by atoms with Crippen molar-refractivity contribution in [2.75, 3.05) is 13.2 Å². The van der Waals surface area contributed by atoms with Crippen LogP contribution in [0.5, 0.6) is 0 Å². The van der Waals surface area contributed by atoms with E-state index >= 15 is 0 Å². The first-order valence-electron chi connectivity index (χ1n) is 4.71. The van der Waals surface area contributed by atoms with Crippen molar-refractivity contribution >= 4 is 11.9 Å². The van der Waals surface area contributed by atoms with Gasteiger partial charge in [-0.05, 0) is 12.8 Å². The summed E-state index contributed by atoms with van der Waals surface area (Å²) in [5, 5.41) is 15.4. The topological polar surface area (TPSA) is 96.2 Å². The van der Waals surface area contributed by atoms with E-state index in [1.807, 2.05) is 13.8 Å². The summed E-state index contributed by atoms with van der Waals surface area (Å²) in [5.41, 5.74) is 0. The van der Waals surface area contributed by atoms with Crippen molar-refractivity contribution in [1.82, 2.24) is 0 Å². The van der Waals surface area contributed by atoms with Crippen LogP contribution in [-0.2, 0) is 30.8 Å². The molecule has 0 aliphatic heterocycles. The summed E-state index contributed by atoms with van der Waals surface area (Å²) in [6.45, 7) is 5.02. The molecule has 0 saturated heterocycles. The molecule has 0 radical (unpaired) electrons. The van der Waals surface area contributed by atoms with E-state index in [1.165, 1.54) is 0 Å². The number of hydrogen-bond acceptors (Lipinski definition) is 6. The molecule has 0 aromatic heterocycles. The summed E-state index contributed by atoms with van der Waals surface area (Å²) in [6, 6.07) is 0. The maximum atomic E-state index is 8.19. The zero-order chi connectivity index (χ0) is 13.7. The number of hydrogen-bond donors (Lipinski definition) is 3.